The van der Waals surface area contributed by atoms with Crippen LogP contribution in [-0.4, -0.2) is 12.9 Å². The molecule has 5 heteroatoms. The molecule has 0 saturated carbocycles. The minimum Gasteiger partial charge on any atom is -0.405 e. The fraction of sp³-hybridized carbons (Fsp3) is 0.455. The van der Waals surface area contributed by atoms with Crippen molar-refractivity contribution in [2.24, 2.45) is 0 Å². The molecular formula is C11H12F3NO. The van der Waals surface area contributed by atoms with Crippen molar-refractivity contribution < 1.29 is 17.9 Å². The van der Waals surface area contributed by atoms with Gasteiger partial charge in [-0.05, 0) is 25.5 Å². The molecule has 0 spiro atoms. The van der Waals surface area contributed by atoms with E-state index >= 15 is 0 Å². The highest BCUT2D eigenvalue weighted by molar-refractivity contribution is 5.36. The van der Waals surface area contributed by atoms with Crippen molar-refractivity contribution in [2.45, 2.75) is 25.2 Å². The second kappa shape index (κ2) is 4.33. The topological polar surface area (TPSA) is 21.3 Å². The molecule has 2 nitrogen and oxygen atoms in total. The third-order valence-electron chi connectivity index (χ3n) is 2.58. The molecule has 1 aliphatic rings. The van der Waals surface area contributed by atoms with E-state index in [1.54, 1.807) is 18.2 Å². The molecule has 1 atom stereocenters. The van der Waals surface area contributed by atoms with Gasteiger partial charge in [-0.2, -0.15) is 0 Å². The summed E-state index contributed by atoms with van der Waals surface area (Å²) < 4.78 is 40.5. The van der Waals surface area contributed by atoms with Crippen LogP contribution in [0.2, 0.25) is 0 Å². The number of hydrogen-bond donors (Lipinski definition) is 1. The van der Waals surface area contributed by atoms with E-state index in [0.717, 1.165) is 19.4 Å². The lowest BCUT2D eigenvalue weighted by molar-refractivity contribution is -0.275. The fourth-order valence-corrected chi connectivity index (χ4v) is 1.94. The molecule has 0 radical (unpaired) electrons. The molecule has 0 amide bonds. The lowest BCUT2D eigenvalue weighted by Gasteiger charge is -2.17. The second-order valence-electron chi connectivity index (χ2n) is 3.73. The van der Waals surface area contributed by atoms with E-state index in [9.17, 15) is 13.2 Å². The van der Waals surface area contributed by atoms with Crippen molar-refractivity contribution in [3.05, 3.63) is 29.8 Å². The third kappa shape index (κ3) is 2.66. The molecule has 1 heterocycles. The van der Waals surface area contributed by atoms with Gasteiger partial charge < -0.3 is 10.1 Å². The Hall–Kier alpha value is -1.23. The summed E-state index contributed by atoms with van der Waals surface area (Å²) in [7, 11) is 0. The van der Waals surface area contributed by atoms with Crippen molar-refractivity contribution in [3.63, 3.8) is 0 Å². The summed E-state index contributed by atoms with van der Waals surface area (Å²) in [6, 6.07) is 6.25. The van der Waals surface area contributed by atoms with Gasteiger partial charge in [0.05, 0.1) is 0 Å². The minimum absolute atomic E-state index is 0.0291. The van der Waals surface area contributed by atoms with Crippen LogP contribution in [0.1, 0.15) is 24.4 Å². The Morgan fingerprint density at radius 2 is 2.00 bits per heavy atom. The van der Waals surface area contributed by atoms with Crippen molar-refractivity contribution in [1.29, 1.82) is 0 Å². The number of benzene rings is 1. The van der Waals surface area contributed by atoms with Gasteiger partial charge in [0.15, 0.2) is 0 Å². The van der Waals surface area contributed by atoms with E-state index in [0.29, 0.717) is 5.56 Å². The highest BCUT2D eigenvalue weighted by atomic mass is 19.4. The van der Waals surface area contributed by atoms with Gasteiger partial charge in [0.1, 0.15) is 5.75 Å². The second-order valence-corrected chi connectivity index (χ2v) is 3.73. The molecular weight excluding hydrogens is 219 g/mol. The van der Waals surface area contributed by atoms with E-state index in [1.807, 2.05) is 0 Å². The lowest BCUT2D eigenvalue weighted by atomic mass is 10.0. The van der Waals surface area contributed by atoms with E-state index < -0.39 is 6.36 Å². The summed E-state index contributed by atoms with van der Waals surface area (Å²) in [5.41, 5.74) is 0.581. The van der Waals surface area contributed by atoms with Crippen LogP contribution < -0.4 is 10.1 Å². The Labute approximate surface area is 91.4 Å². The summed E-state index contributed by atoms with van der Waals surface area (Å²) in [6.07, 6.45) is -2.81. The molecule has 1 aliphatic heterocycles. The van der Waals surface area contributed by atoms with E-state index in [2.05, 4.69) is 10.1 Å². The molecule has 1 saturated heterocycles. The van der Waals surface area contributed by atoms with Gasteiger partial charge >= 0.3 is 6.36 Å². The van der Waals surface area contributed by atoms with Crippen LogP contribution >= 0.6 is 0 Å². The first kappa shape index (κ1) is 11.3. The smallest absolute Gasteiger partial charge is 0.405 e. The number of hydrogen-bond acceptors (Lipinski definition) is 2. The van der Waals surface area contributed by atoms with Gasteiger partial charge in [0.2, 0.25) is 0 Å². The molecule has 0 aromatic heterocycles. The van der Waals surface area contributed by atoms with Crippen LogP contribution in [-0.2, 0) is 0 Å². The SMILES string of the molecule is FC(F)(F)Oc1ccccc1[C@H]1CCCN1. The number of alkyl halides is 3. The maximum absolute atomic E-state index is 12.2. The third-order valence-corrected chi connectivity index (χ3v) is 2.58. The summed E-state index contributed by atoms with van der Waals surface area (Å²) in [6.45, 7) is 0.838. The lowest BCUT2D eigenvalue weighted by Crippen LogP contribution is -2.20. The molecule has 1 aromatic carbocycles. The molecule has 0 bridgehead atoms. The zero-order valence-corrected chi connectivity index (χ0v) is 8.55. The van der Waals surface area contributed by atoms with E-state index in [-0.39, 0.29) is 11.8 Å². The number of rotatable bonds is 2. The van der Waals surface area contributed by atoms with E-state index in [4.69, 9.17) is 0 Å². The molecule has 16 heavy (non-hydrogen) atoms. The molecule has 1 N–H and O–H groups in total. The Bertz CT molecular complexity index is 358. The zero-order valence-electron chi connectivity index (χ0n) is 8.55. The summed E-state index contributed by atoms with van der Waals surface area (Å²) in [5.74, 6) is -0.102. The Morgan fingerprint density at radius 1 is 1.25 bits per heavy atom. The van der Waals surface area contributed by atoms with Crippen LogP contribution in [0, 0.1) is 0 Å². The quantitative estimate of drug-likeness (QED) is 0.844. The number of para-hydroxylation sites is 1. The zero-order chi connectivity index (χ0) is 11.6. The first-order valence-electron chi connectivity index (χ1n) is 5.14. The predicted molar refractivity (Wildman–Crippen MR) is 53.1 cm³/mol. The number of nitrogens with one attached hydrogen (secondary N) is 1. The van der Waals surface area contributed by atoms with Gasteiger partial charge in [-0.3, -0.25) is 0 Å². The molecule has 0 aliphatic carbocycles. The maximum Gasteiger partial charge on any atom is 0.573 e. The average Bonchev–Trinajstić information content (AvgIpc) is 2.69. The Balaban J connectivity index is 2.23. The number of halogens is 3. The van der Waals surface area contributed by atoms with Gasteiger partial charge in [-0.25, -0.2) is 0 Å². The van der Waals surface area contributed by atoms with Crippen molar-refractivity contribution in [3.8, 4) is 5.75 Å². The summed E-state index contributed by atoms with van der Waals surface area (Å²) in [4.78, 5) is 0. The van der Waals surface area contributed by atoms with Crippen LogP contribution in [0.15, 0.2) is 24.3 Å². The predicted octanol–water partition coefficient (Wildman–Crippen LogP) is 3.01. The Kier molecular flexibility index (Phi) is 3.05. The standard InChI is InChI=1S/C11H12F3NO/c12-11(13,14)16-10-6-2-1-4-8(10)9-5-3-7-15-9/h1-2,4,6,9,15H,3,5,7H2/t9-/m1/s1. The molecule has 2 rings (SSSR count). The highest BCUT2D eigenvalue weighted by Gasteiger charge is 2.33. The summed E-state index contributed by atoms with van der Waals surface area (Å²) >= 11 is 0. The van der Waals surface area contributed by atoms with Crippen LogP contribution in [0.3, 0.4) is 0 Å². The normalized spacial score (nSPS) is 21.1. The fourth-order valence-electron chi connectivity index (χ4n) is 1.94. The van der Waals surface area contributed by atoms with Gasteiger partial charge in [-0.1, -0.05) is 18.2 Å². The highest BCUT2D eigenvalue weighted by Crippen LogP contribution is 2.33. The van der Waals surface area contributed by atoms with Gasteiger partial charge in [0.25, 0.3) is 0 Å². The minimum atomic E-state index is -4.63. The van der Waals surface area contributed by atoms with Gasteiger partial charge in [-0.15, -0.1) is 13.2 Å². The monoisotopic (exact) mass is 231 g/mol. The van der Waals surface area contributed by atoms with E-state index in [1.165, 1.54) is 6.07 Å². The van der Waals surface area contributed by atoms with Crippen LogP contribution in [0.5, 0.6) is 5.75 Å². The van der Waals surface area contributed by atoms with Crippen molar-refractivity contribution in [2.75, 3.05) is 6.54 Å². The average molecular weight is 231 g/mol. The number of ether oxygens (including phenoxy) is 1. The van der Waals surface area contributed by atoms with Crippen molar-refractivity contribution >= 4 is 0 Å². The largest absolute Gasteiger partial charge is 0.573 e. The first-order valence-corrected chi connectivity index (χ1v) is 5.14. The first-order chi connectivity index (χ1) is 7.56. The molecule has 88 valence electrons. The maximum atomic E-state index is 12.2. The van der Waals surface area contributed by atoms with Crippen LogP contribution in [0.4, 0.5) is 13.2 Å². The van der Waals surface area contributed by atoms with Gasteiger partial charge in [0, 0.05) is 11.6 Å². The summed E-state index contributed by atoms with van der Waals surface area (Å²) in [5, 5.41) is 3.15. The molecule has 1 fully saturated rings. The Morgan fingerprint density at radius 3 is 2.62 bits per heavy atom. The molecule has 0 unspecified atom stereocenters. The van der Waals surface area contributed by atoms with Crippen LogP contribution in [0.25, 0.3) is 0 Å². The molecule has 1 aromatic rings. The van der Waals surface area contributed by atoms with Crippen molar-refractivity contribution in [1.82, 2.24) is 5.32 Å².